The number of nitrogens with one attached hydrogen (secondary N) is 2. The number of fused-ring (bicyclic) bond motifs is 2. The molecule has 2 aromatic heterocycles. The summed E-state index contributed by atoms with van der Waals surface area (Å²) in [5.41, 5.74) is 3.98. The van der Waals surface area contributed by atoms with Crippen LogP contribution < -0.4 is 0 Å². The maximum atomic E-state index is 13.2. The summed E-state index contributed by atoms with van der Waals surface area (Å²) in [5, 5.41) is 0.888. The van der Waals surface area contributed by atoms with Gasteiger partial charge in [-0.25, -0.2) is 19.6 Å². The highest BCUT2D eigenvalue weighted by molar-refractivity contribution is 6.32. The van der Waals surface area contributed by atoms with Gasteiger partial charge in [0.2, 0.25) is 0 Å². The van der Waals surface area contributed by atoms with Crippen molar-refractivity contribution in [2.45, 2.75) is 103 Å². The first-order chi connectivity index (χ1) is 24.1. The fourth-order valence-electron chi connectivity index (χ4n) is 8.08. The first-order valence-corrected chi connectivity index (χ1v) is 18.6. The summed E-state index contributed by atoms with van der Waals surface area (Å²) in [6.07, 6.45) is 2.07. The van der Waals surface area contributed by atoms with Crippen LogP contribution in [0.5, 0.6) is 0 Å². The summed E-state index contributed by atoms with van der Waals surface area (Å²) in [4.78, 5) is 46.3. The number of H-pyrrole nitrogens is 2. The van der Waals surface area contributed by atoms with Gasteiger partial charge in [-0.05, 0) is 89.7 Å². The first kappa shape index (κ1) is 34.1. The molecule has 10 nitrogen and oxygen atoms in total. The molecule has 12 heteroatoms. The third-order valence-corrected chi connectivity index (χ3v) is 11.2. The SMILES string of the molecule is CC1[C@@H]2[C@H]1C[C@@H](c1nc(-c3ccc(-c4ccc(-c5nc([C@@H]6CC7CC7N6C(=O)OC(C)(C)C)[nH]c5Cl)cc4)cc3)c(Cl)[nH]1)N2C(=O)OC(C)(C)C. The number of benzene rings is 2. The Hall–Kier alpha value is -4.02. The molecule has 2 saturated carbocycles. The molecular weight excluding hydrogens is 687 g/mol. The highest BCUT2D eigenvalue weighted by Gasteiger charge is 2.62. The van der Waals surface area contributed by atoms with Gasteiger partial charge in [0, 0.05) is 23.2 Å². The first-order valence-electron chi connectivity index (χ1n) is 17.8. The lowest BCUT2D eigenvalue weighted by Gasteiger charge is -2.30. The van der Waals surface area contributed by atoms with Gasteiger partial charge in [0.15, 0.2) is 0 Å². The van der Waals surface area contributed by atoms with Crippen LogP contribution in [0.1, 0.15) is 91.5 Å². The average Bonchev–Trinajstić information content (AvgIpc) is 3.58. The molecule has 4 aromatic rings. The van der Waals surface area contributed by atoms with Gasteiger partial charge < -0.3 is 19.4 Å². The third-order valence-electron chi connectivity index (χ3n) is 10.6. The van der Waals surface area contributed by atoms with E-state index < -0.39 is 11.2 Å². The van der Waals surface area contributed by atoms with Gasteiger partial charge in [0.1, 0.15) is 44.5 Å². The Morgan fingerprint density at radius 2 is 1.12 bits per heavy atom. The van der Waals surface area contributed by atoms with E-state index in [-0.39, 0.29) is 36.4 Å². The van der Waals surface area contributed by atoms with Crippen molar-refractivity contribution in [2.24, 2.45) is 17.8 Å². The molecule has 0 radical (unpaired) electrons. The molecule has 2 N–H and O–H groups in total. The molecule has 4 heterocycles. The van der Waals surface area contributed by atoms with Crippen LogP contribution in [0.25, 0.3) is 33.6 Å². The van der Waals surface area contributed by atoms with Crippen LogP contribution in [-0.4, -0.2) is 65.2 Å². The van der Waals surface area contributed by atoms with Crippen molar-refractivity contribution in [3.8, 4) is 33.6 Å². The van der Waals surface area contributed by atoms with E-state index in [1.54, 1.807) is 0 Å². The number of ether oxygens (including phenoxy) is 2. The lowest BCUT2D eigenvalue weighted by atomic mass is 10.0. The van der Waals surface area contributed by atoms with Crippen molar-refractivity contribution in [1.29, 1.82) is 0 Å². The molecule has 7 atom stereocenters. The van der Waals surface area contributed by atoms with Gasteiger partial charge in [-0.3, -0.25) is 9.80 Å². The molecule has 2 aromatic carbocycles. The number of aromatic nitrogens is 4. The molecule has 3 unspecified atom stereocenters. The zero-order chi connectivity index (χ0) is 36.1. The zero-order valence-electron chi connectivity index (χ0n) is 30.0. The average molecular weight is 732 g/mol. The number of piperidine rings is 2. The van der Waals surface area contributed by atoms with Crippen molar-refractivity contribution in [2.75, 3.05) is 0 Å². The zero-order valence-corrected chi connectivity index (χ0v) is 31.5. The molecule has 4 fully saturated rings. The number of rotatable bonds is 5. The van der Waals surface area contributed by atoms with Gasteiger partial charge in [-0.2, -0.15) is 0 Å². The van der Waals surface area contributed by atoms with Crippen LogP contribution in [0, 0.1) is 17.8 Å². The van der Waals surface area contributed by atoms with Crippen LogP contribution in [-0.2, 0) is 9.47 Å². The van der Waals surface area contributed by atoms with E-state index in [1.165, 1.54) is 0 Å². The Kier molecular flexibility index (Phi) is 8.03. The van der Waals surface area contributed by atoms with Crippen molar-refractivity contribution in [1.82, 2.24) is 29.7 Å². The molecule has 4 aliphatic rings. The van der Waals surface area contributed by atoms with Crippen LogP contribution >= 0.6 is 23.2 Å². The predicted molar refractivity (Wildman–Crippen MR) is 196 cm³/mol. The number of aromatic amines is 2. The Morgan fingerprint density at radius 3 is 1.59 bits per heavy atom. The fourth-order valence-corrected chi connectivity index (χ4v) is 8.57. The second kappa shape index (κ2) is 12.0. The topological polar surface area (TPSA) is 116 Å². The van der Waals surface area contributed by atoms with Crippen LogP contribution in [0.15, 0.2) is 48.5 Å². The van der Waals surface area contributed by atoms with Crippen LogP contribution in [0.4, 0.5) is 9.59 Å². The Morgan fingerprint density at radius 1 is 0.686 bits per heavy atom. The molecule has 2 saturated heterocycles. The second-order valence-electron chi connectivity index (χ2n) is 16.6. The summed E-state index contributed by atoms with van der Waals surface area (Å²) < 4.78 is 11.5. The highest BCUT2D eigenvalue weighted by Crippen LogP contribution is 2.58. The van der Waals surface area contributed by atoms with E-state index in [1.807, 2.05) is 99.9 Å². The van der Waals surface area contributed by atoms with Crippen LogP contribution in [0.3, 0.4) is 0 Å². The maximum absolute atomic E-state index is 13.2. The lowest BCUT2D eigenvalue weighted by molar-refractivity contribution is 0.0154. The molecular formula is C39H44Cl2N6O4. The van der Waals surface area contributed by atoms with E-state index in [4.69, 9.17) is 42.6 Å². The lowest BCUT2D eigenvalue weighted by Crippen LogP contribution is -2.39. The summed E-state index contributed by atoms with van der Waals surface area (Å²) in [6, 6.07) is 16.2. The smallest absolute Gasteiger partial charge is 0.411 e. The minimum atomic E-state index is -0.580. The molecule has 0 spiro atoms. The van der Waals surface area contributed by atoms with E-state index in [0.29, 0.717) is 51.1 Å². The number of hydrogen-bond donors (Lipinski definition) is 2. The van der Waals surface area contributed by atoms with E-state index in [0.717, 1.165) is 41.5 Å². The van der Waals surface area contributed by atoms with Crippen molar-refractivity contribution < 1.29 is 19.1 Å². The number of halogens is 2. The third kappa shape index (κ3) is 6.39. The van der Waals surface area contributed by atoms with Crippen LogP contribution in [0.2, 0.25) is 10.3 Å². The number of amides is 2. The predicted octanol–water partition coefficient (Wildman–Crippen LogP) is 9.83. The summed E-state index contributed by atoms with van der Waals surface area (Å²) in [5.74, 6) is 2.74. The number of hydrogen-bond acceptors (Lipinski definition) is 6. The summed E-state index contributed by atoms with van der Waals surface area (Å²) in [6.45, 7) is 13.5. The summed E-state index contributed by atoms with van der Waals surface area (Å²) in [7, 11) is 0. The molecule has 2 aliphatic heterocycles. The minimum absolute atomic E-state index is 0.168. The molecule has 2 aliphatic carbocycles. The number of carbonyl (C=O) groups excluding carboxylic acids is 2. The fraction of sp³-hybridized carbons (Fsp3) is 0.487. The Bertz CT molecular complexity index is 1990. The van der Waals surface area contributed by atoms with Gasteiger partial charge in [0.25, 0.3) is 0 Å². The van der Waals surface area contributed by atoms with Crippen molar-refractivity contribution >= 4 is 35.4 Å². The minimum Gasteiger partial charge on any atom is -0.444 e. The van der Waals surface area contributed by atoms with Crippen molar-refractivity contribution in [3.05, 3.63) is 70.5 Å². The normalized spacial score (nSPS) is 26.6. The highest BCUT2D eigenvalue weighted by atomic mass is 35.5. The maximum Gasteiger partial charge on any atom is 0.411 e. The summed E-state index contributed by atoms with van der Waals surface area (Å²) >= 11 is 13.4. The number of nitrogens with zero attached hydrogens (tertiary/aromatic N) is 4. The number of likely N-dealkylation sites (tertiary alicyclic amines) is 2. The molecule has 2 amide bonds. The van der Waals surface area contributed by atoms with E-state index in [2.05, 4.69) is 16.9 Å². The largest absolute Gasteiger partial charge is 0.444 e. The Labute approximate surface area is 308 Å². The molecule has 0 bridgehead atoms. The monoisotopic (exact) mass is 730 g/mol. The Balaban J connectivity index is 0.971. The van der Waals surface area contributed by atoms with Gasteiger partial charge in [-0.15, -0.1) is 0 Å². The van der Waals surface area contributed by atoms with E-state index in [9.17, 15) is 9.59 Å². The second-order valence-corrected chi connectivity index (χ2v) is 17.3. The molecule has 51 heavy (non-hydrogen) atoms. The molecule has 268 valence electrons. The van der Waals surface area contributed by atoms with E-state index >= 15 is 0 Å². The van der Waals surface area contributed by atoms with Gasteiger partial charge in [-0.1, -0.05) is 78.7 Å². The number of imidazole rings is 2. The van der Waals surface area contributed by atoms with Gasteiger partial charge >= 0.3 is 12.2 Å². The van der Waals surface area contributed by atoms with Crippen molar-refractivity contribution in [3.63, 3.8) is 0 Å². The molecule has 8 rings (SSSR count). The van der Waals surface area contributed by atoms with Gasteiger partial charge in [0.05, 0.1) is 12.1 Å². The quantitative estimate of drug-likeness (QED) is 0.211. The standard InChI is InChI=1S/C39H44Cl2N6O4/c1-19-25-18-28(47(31(19)25)37(49)51-39(5,6)7)35-43-30(33(41)45-35)23-14-10-21(11-15-23)20-8-12-22(13-9-20)29-32(40)44-34(42-29)27-17-24-16-26(24)46(27)36(48)50-38(2,3)4/h8-15,19,24-28,31H,16-18H2,1-7H3,(H,42,44)(H,43,45)/t19?,24?,25-,26?,27-,28-,31+/m0/s1. The number of carbonyl (C=O) groups is 2.